The monoisotopic (exact) mass is 426 g/mol. The van der Waals surface area contributed by atoms with Crippen LogP contribution in [0.15, 0.2) is 71.6 Å². The summed E-state index contributed by atoms with van der Waals surface area (Å²) in [5, 5.41) is 3.35. The lowest BCUT2D eigenvalue weighted by atomic mass is 10.1. The van der Waals surface area contributed by atoms with Crippen LogP contribution in [0, 0.1) is 6.92 Å². The van der Waals surface area contributed by atoms with Gasteiger partial charge in [-0.2, -0.15) is 0 Å². The molecule has 1 heterocycles. The molecule has 0 saturated heterocycles. The molecule has 0 aromatic heterocycles. The van der Waals surface area contributed by atoms with Crippen LogP contribution in [0.4, 0.5) is 11.4 Å². The van der Waals surface area contributed by atoms with E-state index in [2.05, 4.69) is 5.32 Å². The minimum absolute atomic E-state index is 0.191. The third kappa shape index (κ3) is 3.86. The van der Waals surface area contributed by atoms with Gasteiger partial charge in [0.25, 0.3) is 15.9 Å². The number of fused-ring (bicyclic) bond motifs is 1. The molecule has 1 amide bonds. The molecule has 7 heteroatoms. The molecular formula is C22H19ClN2O3S. The molecular weight excluding hydrogens is 408 g/mol. The fourth-order valence-electron chi connectivity index (χ4n) is 3.34. The second-order valence-electron chi connectivity index (χ2n) is 6.94. The van der Waals surface area contributed by atoms with Crippen LogP contribution in [0.1, 0.15) is 21.5 Å². The standard InChI is InChI=1S/C22H19ClN2O3S/c1-15-2-7-19(8-3-15)24-22(26)17-4-11-21-16(14-17)12-13-25(21)29(27,28)20-9-5-18(23)6-10-20/h2-11,14H,12-13H2,1H3,(H,24,26). The maximum absolute atomic E-state index is 13.0. The first-order valence-corrected chi connectivity index (χ1v) is 11.0. The van der Waals surface area contributed by atoms with Crippen molar-refractivity contribution >= 4 is 38.9 Å². The van der Waals surface area contributed by atoms with Crippen LogP contribution >= 0.6 is 11.6 Å². The molecule has 1 aliphatic rings. The lowest BCUT2D eigenvalue weighted by molar-refractivity contribution is 0.102. The van der Waals surface area contributed by atoms with Crippen molar-refractivity contribution in [1.82, 2.24) is 0 Å². The van der Waals surface area contributed by atoms with E-state index in [0.29, 0.717) is 34.9 Å². The smallest absolute Gasteiger partial charge is 0.264 e. The van der Waals surface area contributed by atoms with Gasteiger partial charge in [-0.05, 0) is 73.5 Å². The number of sulfonamides is 1. The van der Waals surface area contributed by atoms with Gasteiger partial charge in [-0.25, -0.2) is 8.42 Å². The number of nitrogens with zero attached hydrogens (tertiary/aromatic N) is 1. The van der Waals surface area contributed by atoms with E-state index in [4.69, 9.17) is 11.6 Å². The van der Waals surface area contributed by atoms with Gasteiger partial charge in [0.2, 0.25) is 0 Å². The summed E-state index contributed by atoms with van der Waals surface area (Å²) in [7, 11) is -3.68. The number of benzene rings is 3. The van der Waals surface area contributed by atoms with E-state index >= 15 is 0 Å². The Kier molecular flexibility index (Phi) is 5.06. The summed E-state index contributed by atoms with van der Waals surface area (Å²) in [6.45, 7) is 2.32. The second kappa shape index (κ2) is 7.54. The largest absolute Gasteiger partial charge is 0.322 e. The zero-order valence-corrected chi connectivity index (χ0v) is 17.3. The lowest BCUT2D eigenvalue weighted by Gasteiger charge is -2.19. The third-order valence-corrected chi connectivity index (χ3v) is 6.99. The van der Waals surface area contributed by atoms with Crippen LogP contribution in [0.2, 0.25) is 5.02 Å². The zero-order chi connectivity index (χ0) is 20.6. The van der Waals surface area contributed by atoms with Crippen LogP contribution in [-0.2, 0) is 16.4 Å². The van der Waals surface area contributed by atoms with Gasteiger partial charge >= 0.3 is 0 Å². The first kappa shape index (κ1) is 19.5. The summed E-state index contributed by atoms with van der Waals surface area (Å²) >= 11 is 5.87. The normalized spacial score (nSPS) is 13.2. The van der Waals surface area contributed by atoms with Crippen molar-refractivity contribution in [2.75, 3.05) is 16.2 Å². The molecule has 4 rings (SSSR count). The molecule has 3 aromatic carbocycles. The summed E-state index contributed by atoms with van der Waals surface area (Å²) in [4.78, 5) is 12.8. The quantitative estimate of drug-likeness (QED) is 0.660. The van der Waals surface area contributed by atoms with Crippen molar-refractivity contribution in [2.24, 2.45) is 0 Å². The number of nitrogens with one attached hydrogen (secondary N) is 1. The Bertz CT molecular complexity index is 1170. The van der Waals surface area contributed by atoms with Crippen LogP contribution < -0.4 is 9.62 Å². The first-order valence-electron chi connectivity index (χ1n) is 9.14. The molecule has 0 spiro atoms. The molecule has 29 heavy (non-hydrogen) atoms. The Balaban J connectivity index is 1.58. The van der Waals surface area contributed by atoms with Gasteiger partial charge in [-0.15, -0.1) is 0 Å². The summed E-state index contributed by atoms with van der Waals surface area (Å²) in [6, 6.07) is 18.8. The average Bonchev–Trinajstić information content (AvgIpc) is 3.14. The number of carbonyl (C=O) groups is 1. The maximum atomic E-state index is 13.0. The molecule has 5 nitrogen and oxygen atoms in total. The molecule has 0 radical (unpaired) electrons. The van der Waals surface area contributed by atoms with Crippen LogP contribution in [0.5, 0.6) is 0 Å². The van der Waals surface area contributed by atoms with E-state index in [1.165, 1.54) is 16.4 Å². The number of halogens is 1. The van der Waals surface area contributed by atoms with E-state index in [0.717, 1.165) is 11.1 Å². The van der Waals surface area contributed by atoms with Gasteiger partial charge in [0.15, 0.2) is 0 Å². The number of anilines is 2. The molecule has 0 fully saturated rings. The Morgan fingerprint density at radius 3 is 2.38 bits per heavy atom. The summed E-state index contributed by atoms with van der Waals surface area (Å²) < 4.78 is 27.4. The number of hydrogen-bond acceptors (Lipinski definition) is 3. The molecule has 1 N–H and O–H groups in total. The summed E-state index contributed by atoms with van der Waals surface area (Å²) in [5.41, 5.74) is 3.76. The molecule has 0 aliphatic carbocycles. The molecule has 0 saturated carbocycles. The number of carbonyl (C=O) groups excluding carboxylic acids is 1. The predicted octanol–water partition coefficient (Wildman–Crippen LogP) is 4.65. The van der Waals surface area contributed by atoms with Gasteiger partial charge in [-0.1, -0.05) is 29.3 Å². The molecule has 0 atom stereocenters. The third-order valence-electron chi connectivity index (χ3n) is 4.91. The van der Waals surface area contributed by atoms with Crippen LogP contribution in [0.25, 0.3) is 0 Å². The average molecular weight is 427 g/mol. The summed E-state index contributed by atoms with van der Waals surface area (Å²) in [6.07, 6.45) is 0.549. The van der Waals surface area contributed by atoms with Crippen molar-refractivity contribution < 1.29 is 13.2 Å². The van der Waals surface area contributed by atoms with Crippen LogP contribution in [0.3, 0.4) is 0 Å². The molecule has 0 unspecified atom stereocenters. The number of amides is 1. The highest BCUT2D eigenvalue weighted by atomic mass is 35.5. The Labute approximate surface area is 175 Å². The maximum Gasteiger partial charge on any atom is 0.264 e. The fraction of sp³-hybridized carbons (Fsp3) is 0.136. The minimum atomic E-state index is -3.68. The highest BCUT2D eigenvalue weighted by Crippen LogP contribution is 2.34. The highest BCUT2D eigenvalue weighted by Gasteiger charge is 2.31. The van der Waals surface area contributed by atoms with E-state index in [-0.39, 0.29) is 10.8 Å². The van der Waals surface area contributed by atoms with Gasteiger partial charge in [0.1, 0.15) is 0 Å². The lowest BCUT2D eigenvalue weighted by Crippen LogP contribution is -2.29. The first-order chi connectivity index (χ1) is 13.8. The van der Waals surface area contributed by atoms with E-state index in [1.807, 2.05) is 31.2 Å². The predicted molar refractivity (Wildman–Crippen MR) is 115 cm³/mol. The number of rotatable bonds is 4. The minimum Gasteiger partial charge on any atom is -0.322 e. The van der Waals surface area contributed by atoms with Crippen molar-refractivity contribution in [3.63, 3.8) is 0 Å². The summed E-state index contributed by atoms with van der Waals surface area (Å²) in [5.74, 6) is -0.226. The molecule has 3 aromatic rings. The van der Waals surface area contributed by atoms with Crippen LogP contribution in [-0.4, -0.2) is 20.9 Å². The topological polar surface area (TPSA) is 66.5 Å². The van der Waals surface area contributed by atoms with Crippen molar-refractivity contribution in [2.45, 2.75) is 18.2 Å². The van der Waals surface area contributed by atoms with Gasteiger partial charge in [0, 0.05) is 22.8 Å². The molecule has 0 bridgehead atoms. The van der Waals surface area contributed by atoms with Crippen molar-refractivity contribution in [3.8, 4) is 0 Å². The van der Waals surface area contributed by atoms with E-state index in [9.17, 15) is 13.2 Å². The van der Waals surface area contributed by atoms with E-state index < -0.39 is 10.0 Å². The zero-order valence-electron chi connectivity index (χ0n) is 15.7. The highest BCUT2D eigenvalue weighted by molar-refractivity contribution is 7.92. The SMILES string of the molecule is Cc1ccc(NC(=O)c2ccc3c(c2)CCN3S(=O)(=O)c2ccc(Cl)cc2)cc1. The number of hydrogen-bond donors (Lipinski definition) is 1. The van der Waals surface area contributed by atoms with Gasteiger partial charge < -0.3 is 5.32 Å². The Hall–Kier alpha value is -2.83. The second-order valence-corrected chi connectivity index (χ2v) is 9.24. The molecule has 148 valence electrons. The van der Waals surface area contributed by atoms with E-state index in [1.54, 1.807) is 30.3 Å². The van der Waals surface area contributed by atoms with Crippen molar-refractivity contribution in [3.05, 3.63) is 88.4 Å². The van der Waals surface area contributed by atoms with Gasteiger partial charge in [-0.3, -0.25) is 9.10 Å². The Morgan fingerprint density at radius 1 is 1.00 bits per heavy atom. The number of aryl methyl sites for hydroxylation is 1. The van der Waals surface area contributed by atoms with Crippen molar-refractivity contribution in [1.29, 1.82) is 0 Å². The Morgan fingerprint density at radius 2 is 1.69 bits per heavy atom. The molecule has 1 aliphatic heterocycles. The van der Waals surface area contributed by atoms with Gasteiger partial charge in [0.05, 0.1) is 10.6 Å². The fourth-order valence-corrected chi connectivity index (χ4v) is 4.97.